The Morgan fingerprint density at radius 1 is 1.50 bits per heavy atom. The summed E-state index contributed by atoms with van der Waals surface area (Å²) in [6.07, 6.45) is 1.25. The van der Waals surface area contributed by atoms with Gasteiger partial charge < -0.3 is 15.8 Å². The monoisotopic (exact) mass is 298 g/mol. The van der Waals surface area contributed by atoms with Crippen LogP contribution in [0.4, 0.5) is 5.69 Å². The fourth-order valence-electron chi connectivity index (χ4n) is 2.31. The van der Waals surface area contributed by atoms with Crippen LogP contribution in [0.2, 0.25) is 0 Å². The zero-order chi connectivity index (χ0) is 14.8. The Kier molecular flexibility index (Phi) is 4.17. The molecule has 1 atom stereocenters. The lowest BCUT2D eigenvalue weighted by Crippen LogP contribution is -2.34. The van der Waals surface area contributed by atoms with Crippen LogP contribution in [-0.2, 0) is 9.84 Å². The minimum absolute atomic E-state index is 0.123. The number of anilines is 1. The lowest BCUT2D eigenvalue weighted by Gasteiger charge is -2.13. The largest absolute Gasteiger partial charge is 0.495 e. The number of amides is 1. The van der Waals surface area contributed by atoms with Gasteiger partial charge in [-0.05, 0) is 25.0 Å². The number of sulfone groups is 1. The summed E-state index contributed by atoms with van der Waals surface area (Å²) >= 11 is 0. The van der Waals surface area contributed by atoms with Crippen molar-refractivity contribution in [3.05, 3.63) is 23.8 Å². The molecule has 1 aromatic rings. The van der Waals surface area contributed by atoms with Crippen LogP contribution in [0.1, 0.15) is 23.2 Å². The van der Waals surface area contributed by atoms with E-state index in [1.54, 1.807) is 18.2 Å². The molecule has 0 aromatic heterocycles. The van der Waals surface area contributed by atoms with E-state index in [-0.39, 0.29) is 23.9 Å². The average molecular weight is 298 g/mol. The second-order valence-electron chi connectivity index (χ2n) is 4.76. The molecule has 1 heterocycles. The fourth-order valence-corrected chi connectivity index (χ4v) is 4.07. The van der Waals surface area contributed by atoms with Gasteiger partial charge in [0.25, 0.3) is 5.91 Å². The van der Waals surface area contributed by atoms with E-state index < -0.39 is 15.1 Å². The lowest BCUT2D eigenvalue weighted by molar-refractivity contribution is 0.0954. The molecule has 1 aromatic carbocycles. The van der Waals surface area contributed by atoms with E-state index in [0.29, 0.717) is 24.2 Å². The Morgan fingerprint density at radius 2 is 2.25 bits per heavy atom. The number of ether oxygens (including phenoxy) is 1. The van der Waals surface area contributed by atoms with Crippen molar-refractivity contribution in [2.75, 3.05) is 25.1 Å². The van der Waals surface area contributed by atoms with E-state index in [9.17, 15) is 13.2 Å². The summed E-state index contributed by atoms with van der Waals surface area (Å²) in [7, 11) is -1.59. The Morgan fingerprint density at radius 3 is 2.85 bits per heavy atom. The number of rotatable bonds is 4. The van der Waals surface area contributed by atoms with Crippen LogP contribution in [-0.4, -0.2) is 39.0 Å². The molecule has 20 heavy (non-hydrogen) atoms. The van der Waals surface area contributed by atoms with Crippen molar-refractivity contribution < 1.29 is 17.9 Å². The highest BCUT2D eigenvalue weighted by atomic mass is 32.2. The molecule has 7 heteroatoms. The second kappa shape index (κ2) is 5.70. The maximum atomic E-state index is 12.1. The predicted octanol–water partition coefficient (Wildman–Crippen LogP) is 0.584. The third-order valence-corrected chi connectivity index (χ3v) is 5.76. The second-order valence-corrected chi connectivity index (χ2v) is 7.16. The van der Waals surface area contributed by atoms with Crippen molar-refractivity contribution in [1.29, 1.82) is 0 Å². The first-order valence-electron chi connectivity index (χ1n) is 6.38. The number of carbonyl (C=O) groups is 1. The first kappa shape index (κ1) is 14.6. The number of carbonyl (C=O) groups excluding carboxylic acids is 1. The molecule has 1 aliphatic rings. The minimum atomic E-state index is -3.06. The fraction of sp³-hybridized carbons (Fsp3) is 0.462. The van der Waals surface area contributed by atoms with E-state index in [2.05, 4.69) is 5.32 Å². The molecule has 0 aliphatic carbocycles. The maximum absolute atomic E-state index is 12.1. The Labute approximate surface area is 118 Å². The quantitative estimate of drug-likeness (QED) is 0.792. The van der Waals surface area contributed by atoms with Crippen LogP contribution < -0.4 is 15.8 Å². The first-order valence-corrected chi connectivity index (χ1v) is 8.09. The molecular weight excluding hydrogens is 280 g/mol. The number of methoxy groups -OCH3 is 1. The van der Waals surface area contributed by atoms with Crippen LogP contribution in [0.25, 0.3) is 0 Å². The van der Waals surface area contributed by atoms with Gasteiger partial charge in [0, 0.05) is 6.54 Å². The summed E-state index contributed by atoms with van der Waals surface area (Å²) in [5.74, 6) is 0.240. The van der Waals surface area contributed by atoms with Crippen LogP contribution in [0.15, 0.2) is 18.2 Å². The summed E-state index contributed by atoms with van der Waals surface area (Å²) in [5, 5.41) is 2.15. The summed E-state index contributed by atoms with van der Waals surface area (Å²) in [5.41, 5.74) is 6.37. The van der Waals surface area contributed by atoms with Crippen molar-refractivity contribution in [3.63, 3.8) is 0 Å². The van der Waals surface area contributed by atoms with Crippen molar-refractivity contribution in [2.24, 2.45) is 0 Å². The smallest absolute Gasteiger partial charge is 0.253 e. The molecule has 0 bridgehead atoms. The molecule has 1 saturated heterocycles. The number of para-hydroxylation sites is 1. The molecular formula is C13H18N2O4S. The van der Waals surface area contributed by atoms with Crippen LogP contribution in [0, 0.1) is 0 Å². The van der Waals surface area contributed by atoms with E-state index in [4.69, 9.17) is 10.5 Å². The minimum Gasteiger partial charge on any atom is -0.495 e. The van der Waals surface area contributed by atoms with Gasteiger partial charge in [0.05, 0.1) is 29.4 Å². The third-order valence-electron chi connectivity index (χ3n) is 3.48. The summed E-state index contributed by atoms with van der Waals surface area (Å²) in [6.45, 7) is 0.123. The summed E-state index contributed by atoms with van der Waals surface area (Å²) < 4.78 is 28.4. The molecule has 0 spiro atoms. The normalized spacial score (nSPS) is 20.6. The van der Waals surface area contributed by atoms with E-state index in [1.807, 2.05) is 0 Å². The molecule has 0 radical (unpaired) electrons. The Hall–Kier alpha value is -1.76. The molecule has 1 amide bonds. The highest BCUT2D eigenvalue weighted by molar-refractivity contribution is 7.92. The third kappa shape index (κ3) is 2.87. The number of hydrogen-bond acceptors (Lipinski definition) is 5. The van der Waals surface area contributed by atoms with Gasteiger partial charge in [0.2, 0.25) is 0 Å². The van der Waals surface area contributed by atoms with Crippen molar-refractivity contribution in [2.45, 2.75) is 18.1 Å². The highest BCUT2D eigenvalue weighted by Gasteiger charge is 2.31. The molecule has 0 saturated carbocycles. The zero-order valence-electron chi connectivity index (χ0n) is 11.3. The van der Waals surface area contributed by atoms with Crippen molar-refractivity contribution >= 4 is 21.4 Å². The van der Waals surface area contributed by atoms with Gasteiger partial charge in [0.1, 0.15) is 5.75 Å². The predicted molar refractivity (Wildman–Crippen MR) is 76.5 cm³/mol. The molecule has 1 fully saturated rings. The summed E-state index contributed by atoms with van der Waals surface area (Å²) in [4.78, 5) is 12.1. The number of nitrogens with one attached hydrogen (secondary N) is 1. The lowest BCUT2D eigenvalue weighted by atomic mass is 10.1. The van der Waals surface area contributed by atoms with Crippen LogP contribution in [0.3, 0.4) is 0 Å². The molecule has 3 N–H and O–H groups in total. The SMILES string of the molecule is COc1cccc(C(=O)NCC2CCCS2(=O)=O)c1N. The molecule has 110 valence electrons. The number of benzene rings is 1. The molecule has 2 rings (SSSR count). The number of nitrogens with two attached hydrogens (primary N) is 1. The van der Waals surface area contributed by atoms with Crippen molar-refractivity contribution in [3.8, 4) is 5.75 Å². The standard InChI is InChI=1S/C13H18N2O4S/c1-19-11-6-2-5-10(12(11)14)13(16)15-8-9-4-3-7-20(9,17)18/h2,5-6,9H,3-4,7-8,14H2,1H3,(H,15,16). The number of hydrogen-bond donors (Lipinski definition) is 2. The van der Waals surface area contributed by atoms with Gasteiger partial charge in [-0.1, -0.05) is 6.07 Å². The van der Waals surface area contributed by atoms with E-state index >= 15 is 0 Å². The topological polar surface area (TPSA) is 98.5 Å². The van der Waals surface area contributed by atoms with Crippen molar-refractivity contribution in [1.82, 2.24) is 5.32 Å². The van der Waals surface area contributed by atoms with E-state index in [1.165, 1.54) is 7.11 Å². The first-order chi connectivity index (χ1) is 9.45. The molecule has 1 unspecified atom stereocenters. The Balaban J connectivity index is 2.06. The van der Waals surface area contributed by atoms with Gasteiger partial charge in [-0.25, -0.2) is 8.42 Å². The van der Waals surface area contributed by atoms with Gasteiger partial charge in [-0.15, -0.1) is 0 Å². The van der Waals surface area contributed by atoms with Crippen LogP contribution in [0.5, 0.6) is 5.75 Å². The van der Waals surface area contributed by atoms with E-state index in [0.717, 1.165) is 0 Å². The Bertz CT molecular complexity index is 613. The zero-order valence-corrected chi connectivity index (χ0v) is 12.1. The van der Waals surface area contributed by atoms with Gasteiger partial charge in [-0.3, -0.25) is 4.79 Å². The molecule has 1 aliphatic heterocycles. The maximum Gasteiger partial charge on any atom is 0.253 e. The van der Waals surface area contributed by atoms with Gasteiger partial charge in [0.15, 0.2) is 9.84 Å². The van der Waals surface area contributed by atoms with Gasteiger partial charge in [-0.2, -0.15) is 0 Å². The average Bonchev–Trinajstić information content (AvgIpc) is 2.75. The molecule has 6 nitrogen and oxygen atoms in total. The summed E-state index contributed by atoms with van der Waals surface area (Å²) in [6, 6.07) is 4.90. The van der Waals surface area contributed by atoms with Gasteiger partial charge >= 0.3 is 0 Å². The highest BCUT2D eigenvalue weighted by Crippen LogP contribution is 2.25. The van der Waals surface area contributed by atoms with Crippen LogP contribution >= 0.6 is 0 Å². The number of nitrogen functional groups attached to an aromatic ring is 1.